The number of fused-ring (bicyclic) bond motifs is 1. The first-order valence-corrected chi connectivity index (χ1v) is 12.6. The van der Waals surface area contributed by atoms with Gasteiger partial charge in [0, 0.05) is 32.2 Å². The molecule has 0 unspecified atom stereocenters. The number of carbonyl (C=O) groups is 1. The summed E-state index contributed by atoms with van der Waals surface area (Å²) in [4.78, 5) is 14.8. The minimum Gasteiger partial charge on any atom is -0.352 e. The van der Waals surface area contributed by atoms with E-state index in [0.29, 0.717) is 43.7 Å². The number of rotatable bonds is 5. The van der Waals surface area contributed by atoms with Crippen LogP contribution in [0.15, 0.2) is 23.1 Å². The van der Waals surface area contributed by atoms with E-state index < -0.39 is 10.0 Å². The second-order valence-corrected chi connectivity index (χ2v) is 10.7. The van der Waals surface area contributed by atoms with E-state index in [1.807, 2.05) is 12.1 Å². The molecule has 29 heavy (non-hydrogen) atoms. The fraction of sp³-hybridized carbons (Fsp3) is 0.682. The van der Waals surface area contributed by atoms with Gasteiger partial charge < -0.3 is 5.32 Å². The van der Waals surface area contributed by atoms with Crippen LogP contribution in [0.25, 0.3) is 0 Å². The van der Waals surface area contributed by atoms with Crippen molar-refractivity contribution in [2.75, 3.05) is 32.7 Å². The van der Waals surface area contributed by atoms with E-state index in [-0.39, 0.29) is 5.91 Å². The molecule has 2 aliphatic carbocycles. The summed E-state index contributed by atoms with van der Waals surface area (Å²) >= 11 is 0. The Balaban J connectivity index is 1.31. The Morgan fingerprint density at radius 2 is 1.62 bits per heavy atom. The lowest BCUT2D eigenvalue weighted by atomic mass is 9.92. The molecule has 160 valence electrons. The van der Waals surface area contributed by atoms with Gasteiger partial charge in [-0.05, 0) is 61.8 Å². The highest BCUT2D eigenvalue weighted by atomic mass is 32.2. The number of aryl methyl sites for hydroxylation is 2. The van der Waals surface area contributed by atoms with Gasteiger partial charge >= 0.3 is 0 Å². The van der Waals surface area contributed by atoms with E-state index in [1.54, 1.807) is 10.4 Å². The van der Waals surface area contributed by atoms with Crippen molar-refractivity contribution in [1.29, 1.82) is 0 Å². The standard InChI is InChI=1S/C22H33N3O3S/c26-22(23-20-8-2-1-3-9-20)17-24-12-14-25(15-13-24)29(27,28)21-11-10-18-6-4-5-7-19(18)16-21/h10-11,16,20H,1-9,12-15,17H2,(H,23,26). The molecule has 0 aromatic heterocycles. The summed E-state index contributed by atoms with van der Waals surface area (Å²) in [6.45, 7) is 2.44. The monoisotopic (exact) mass is 419 g/mol. The van der Waals surface area contributed by atoms with Crippen LogP contribution in [0.5, 0.6) is 0 Å². The summed E-state index contributed by atoms with van der Waals surface area (Å²) in [6.07, 6.45) is 10.2. The summed E-state index contributed by atoms with van der Waals surface area (Å²) in [5.74, 6) is 0.0721. The van der Waals surface area contributed by atoms with Crippen molar-refractivity contribution >= 4 is 15.9 Å². The van der Waals surface area contributed by atoms with Gasteiger partial charge in [-0.25, -0.2) is 8.42 Å². The Kier molecular flexibility index (Phi) is 6.56. The third-order valence-corrected chi connectivity index (χ3v) is 8.52. The van der Waals surface area contributed by atoms with E-state index in [0.717, 1.165) is 32.1 Å². The first-order chi connectivity index (χ1) is 14.0. The molecule has 1 aliphatic heterocycles. The third-order valence-electron chi connectivity index (χ3n) is 6.63. The second kappa shape index (κ2) is 9.14. The molecule has 7 heteroatoms. The number of nitrogens with zero attached hydrogens (tertiary/aromatic N) is 2. The average Bonchev–Trinajstić information content (AvgIpc) is 2.74. The zero-order valence-electron chi connectivity index (χ0n) is 17.2. The topological polar surface area (TPSA) is 69.7 Å². The van der Waals surface area contributed by atoms with Crippen molar-refractivity contribution in [2.45, 2.75) is 68.7 Å². The van der Waals surface area contributed by atoms with E-state index in [1.165, 1.54) is 36.8 Å². The van der Waals surface area contributed by atoms with Crippen LogP contribution in [0.1, 0.15) is 56.1 Å². The van der Waals surface area contributed by atoms with E-state index in [2.05, 4.69) is 10.2 Å². The molecule has 3 aliphatic rings. The molecule has 1 aromatic carbocycles. The van der Waals surface area contributed by atoms with Crippen molar-refractivity contribution in [3.63, 3.8) is 0 Å². The maximum absolute atomic E-state index is 13.1. The van der Waals surface area contributed by atoms with Crippen LogP contribution in [0.3, 0.4) is 0 Å². The van der Waals surface area contributed by atoms with E-state index in [4.69, 9.17) is 0 Å². The second-order valence-electron chi connectivity index (χ2n) is 8.72. The van der Waals surface area contributed by atoms with Crippen LogP contribution in [-0.2, 0) is 27.7 Å². The SMILES string of the molecule is O=C(CN1CCN(S(=O)(=O)c2ccc3c(c2)CCCC3)CC1)NC1CCCCC1. The number of amides is 1. The zero-order chi connectivity index (χ0) is 20.3. The summed E-state index contributed by atoms with van der Waals surface area (Å²) in [6, 6.07) is 5.96. The van der Waals surface area contributed by atoms with Gasteiger partial charge in [0.15, 0.2) is 0 Å². The molecule has 0 bridgehead atoms. The lowest BCUT2D eigenvalue weighted by Gasteiger charge is -2.34. The minimum absolute atomic E-state index is 0.0721. The Morgan fingerprint density at radius 3 is 2.34 bits per heavy atom. The van der Waals surface area contributed by atoms with Crippen LogP contribution < -0.4 is 5.32 Å². The zero-order valence-corrected chi connectivity index (χ0v) is 18.1. The van der Waals surface area contributed by atoms with Crippen LogP contribution >= 0.6 is 0 Å². The fourth-order valence-corrected chi connectivity index (χ4v) is 6.34. The predicted octanol–water partition coefficient (Wildman–Crippen LogP) is 2.32. The molecule has 1 heterocycles. The summed E-state index contributed by atoms with van der Waals surface area (Å²) in [7, 11) is -3.46. The highest BCUT2D eigenvalue weighted by Gasteiger charge is 2.30. The van der Waals surface area contributed by atoms with Crippen molar-refractivity contribution in [3.05, 3.63) is 29.3 Å². The molecule has 2 fully saturated rings. The highest BCUT2D eigenvalue weighted by Crippen LogP contribution is 2.26. The number of hydrogen-bond donors (Lipinski definition) is 1. The molecule has 1 amide bonds. The predicted molar refractivity (Wildman–Crippen MR) is 113 cm³/mol. The van der Waals surface area contributed by atoms with Crippen LogP contribution in [0, 0.1) is 0 Å². The number of benzene rings is 1. The van der Waals surface area contributed by atoms with Gasteiger partial charge in [0.2, 0.25) is 15.9 Å². The molecular formula is C22H33N3O3S. The first kappa shape index (κ1) is 20.8. The molecule has 4 rings (SSSR count). The van der Waals surface area contributed by atoms with Gasteiger partial charge in [-0.2, -0.15) is 4.31 Å². The van der Waals surface area contributed by atoms with Gasteiger partial charge in [0.1, 0.15) is 0 Å². The largest absolute Gasteiger partial charge is 0.352 e. The Bertz CT molecular complexity index is 826. The Hall–Kier alpha value is -1.44. The van der Waals surface area contributed by atoms with E-state index >= 15 is 0 Å². The average molecular weight is 420 g/mol. The lowest BCUT2D eigenvalue weighted by Crippen LogP contribution is -2.51. The lowest BCUT2D eigenvalue weighted by molar-refractivity contribution is -0.123. The quantitative estimate of drug-likeness (QED) is 0.795. The van der Waals surface area contributed by atoms with Gasteiger partial charge in [-0.15, -0.1) is 0 Å². The van der Waals surface area contributed by atoms with Gasteiger partial charge in [0.05, 0.1) is 11.4 Å². The van der Waals surface area contributed by atoms with Crippen molar-refractivity contribution in [3.8, 4) is 0 Å². The molecule has 1 saturated carbocycles. The van der Waals surface area contributed by atoms with Crippen molar-refractivity contribution in [2.24, 2.45) is 0 Å². The Morgan fingerprint density at radius 1 is 0.931 bits per heavy atom. The van der Waals surface area contributed by atoms with Crippen LogP contribution in [0.2, 0.25) is 0 Å². The van der Waals surface area contributed by atoms with Crippen molar-refractivity contribution < 1.29 is 13.2 Å². The number of nitrogens with one attached hydrogen (secondary N) is 1. The molecular weight excluding hydrogens is 386 g/mol. The van der Waals surface area contributed by atoms with E-state index in [9.17, 15) is 13.2 Å². The minimum atomic E-state index is -3.46. The molecule has 1 aromatic rings. The van der Waals surface area contributed by atoms with Gasteiger partial charge in [-0.1, -0.05) is 25.3 Å². The molecule has 0 atom stereocenters. The highest BCUT2D eigenvalue weighted by molar-refractivity contribution is 7.89. The van der Waals surface area contributed by atoms with Crippen LogP contribution in [0.4, 0.5) is 0 Å². The number of hydrogen-bond acceptors (Lipinski definition) is 4. The van der Waals surface area contributed by atoms with Crippen molar-refractivity contribution in [1.82, 2.24) is 14.5 Å². The third kappa shape index (κ3) is 5.01. The first-order valence-electron chi connectivity index (χ1n) is 11.2. The van der Waals surface area contributed by atoms with Crippen LogP contribution in [-0.4, -0.2) is 62.3 Å². The fourth-order valence-electron chi connectivity index (χ4n) is 4.87. The smallest absolute Gasteiger partial charge is 0.243 e. The normalized spacial score (nSPS) is 22.2. The molecule has 6 nitrogen and oxygen atoms in total. The summed E-state index contributed by atoms with van der Waals surface area (Å²) in [5, 5.41) is 3.15. The summed E-state index contributed by atoms with van der Waals surface area (Å²) < 4.78 is 27.8. The number of piperazine rings is 1. The number of sulfonamides is 1. The van der Waals surface area contributed by atoms with Gasteiger partial charge in [0.25, 0.3) is 0 Å². The Labute approximate surface area is 174 Å². The molecule has 1 saturated heterocycles. The summed E-state index contributed by atoms with van der Waals surface area (Å²) in [5.41, 5.74) is 2.49. The molecule has 1 N–H and O–H groups in total. The molecule has 0 radical (unpaired) electrons. The maximum atomic E-state index is 13.1. The molecule has 0 spiro atoms. The number of carbonyl (C=O) groups excluding carboxylic acids is 1. The van der Waals surface area contributed by atoms with Gasteiger partial charge in [-0.3, -0.25) is 9.69 Å². The maximum Gasteiger partial charge on any atom is 0.243 e.